The van der Waals surface area contributed by atoms with Crippen molar-refractivity contribution in [1.82, 2.24) is 0 Å². The lowest BCUT2D eigenvalue weighted by Gasteiger charge is -2.18. The summed E-state index contributed by atoms with van der Waals surface area (Å²) in [6.07, 6.45) is 3.57. The Balaban J connectivity index is 3.71. The first-order chi connectivity index (χ1) is 6.24. The molecular formula is C10H20O3. The normalized spacial score (nSPS) is 15.3. The van der Waals surface area contributed by atoms with Gasteiger partial charge >= 0.3 is 0 Å². The Labute approximate surface area is 80.4 Å². The molecule has 0 aromatic rings. The van der Waals surface area contributed by atoms with Crippen LogP contribution >= 0.6 is 0 Å². The van der Waals surface area contributed by atoms with E-state index in [0.717, 1.165) is 12.8 Å². The van der Waals surface area contributed by atoms with Crippen molar-refractivity contribution in [3.8, 4) is 0 Å². The van der Waals surface area contributed by atoms with Crippen LogP contribution in [-0.2, 0) is 9.47 Å². The first kappa shape index (κ1) is 12.6. The Morgan fingerprint density at radius 1 is 1.54 bits per heavy atom. The van der Waals surface area contributed by atoms with Gasteiger partial charge in [-0.1, -0.05) is 13.0 Å². The molecule has 0 amide bonds. The molecule has 0 aliphatic heterocycles. The van der Waals surface area contributed by atoms with Crippen molar-refractivity contribution in [2.75, 3.05) is 20.5 Å². The van der Waals surface area contributed by atoms with Gasteiger partial charge in [-0.2, -0.15) is 0 Å². The molecule has 0 fully saturated rings. The molecule has 0 spiro atoms. The van der Waals surface area contributed by atoms with Gasteiger partial charge in [0.2, 0.25) is 0 Å². The number of hydrogen-bond acceptors (Lipinski definition) is 3. The van der Waals surface area contributed by atoms with Gasteiger partial charge in [0.1, 0.15) is 6.79 Å². The second-order valence-electron chi connectivity index (χ2n) is 3.24. The summed E-state index contributed by atoms with van der Waals surface area (Å²) >= 11 is 0. The molecule has 0 aromatic carbocycles. The highest BCUT2D eigenvalue weighted by atomic mass is 16.7. The van der Waals surface area contributed by atoms with Crippen LogP contribution in [0.1, 0.15) is 19.8 Å². The number of rotatable bonds is 8. The largest absolute Gasteiger partial charge is 0.396 e. The van der Waals surface area contributed by atoms with Crippen LogP contribution in [0.15, 0.2) is 12.7 Å². The SMILES string of the molecule is C=CC[C@H](C[C@@H](C)CO)OCOC. The van der Waals surface area contributed by atoms with Gasteiger partial charge in [-0.15, -0.1) is 6.58 Å². The molecule has 78 valence electrons. The molecule has 0 aliphatic rings. The Kier molecular flexibility index (Phi) is 7.99. The van der Waals surface area contributed by atoms with E-state index in [1.165, 1.54) is 0 Å². The fraction of sp³-hybridized carbons (Fsp3) is 0.800. The summed E-state index contributed by atoms with van der Waals surface area (Å²) in [7, 11) is 1.60. The predicted octanol–water partition coefficient (Wildman–Crippen LogP) is 1.57. The highest BCUT2D eigenvalue weighted by molar-refractivity contribution is 4.74. The summed E-state index contributed by atoms with van der Waals surface area (Å²) in [4.78, 5) is 0. The van der Waals surface area contributed by atoms with E-state index in [1.807, 2.05) is 13.0 Å². The second kappa shape index (κ2) is 8.23. The van der Waals surface area contributed by atoms with Crippen molar-refractivity contribution >= 4 is 0 Å². The van der Waals surface area contributed by atoms with Gasteiger partial charge in [0.25, 0.3) is 0 Å². The van der Waals surface area contributed by atoms with E-state index in [1.54, 1.807) is 7.11 Å². The van der Waals surface area contributed by atoms with E-state index in [-0.39, 0.29) is 18.6 Å². The molecule has 3 heteroatoms. The second-order valence-corrected chi connectivity index (χ2v) is 3.24. The molecule has 2 atom stereocenters. The zero-order chi connectivity index (χ0) is 10.1. The maximum absolute atomic E-state index is 8.86. The van der Waals surface area contributed by atoms with Crippen molar-refractivity contribution in [3.05, 3.63) is 12.7 Å². The van der Waals surface area contributed by atoms with Gasteiger partial charge in [0, 0.05) is 13.7 Å². The average molecular weight is 188 g/mol. The summed E-state index contributed by atoms with van der Waals surface area (Å²) in [5.74, 6) is 0.266. The molecule has 0 saturated carbocycles. The molecule has 0 bridgehead atoms. The van der Waals surface area contributed by atoms with Crippen LogP contribution in [0.25, 0.3) is 0 Å². The minimum atomic E-state index is 0.111. The van der Waals surface area contributed by atoms with Gasteiger partial charge in [0.05, 0.1) is 6.10 Å². The van der Waals surface area contributed by atoms with Crippen molar-refractivity contribution in [2.45, 2.75) is 25.9 Å². The van der Waals surface area contributed by atoms with E-state index in [9.17, 15) is 0 Å². The van der Waals surface area contributed by atoms with Crippen LogP contribution in [0, 0.1) is 5.92 Å². The third kappa shape index (κ3) is 6.75. The summed E-state index contributed by atoms with van der Waals surface area (Å²) in [6.45, 7) is 6.15. The minimum absolute atomic E-state index is 0.111. The van der Waals surface area contributed by atoms with Gasteiger partial charge in [0.15, 0.2) is 0 Å². The van der Waals surface area contributed by atoms with Gasteiger partial charge in [-0.25, -0.2) is 0 Å². The van der Waals surface area contributed by atoms with Crippen molar-refractivity contribution in [2.24, 2.45) is 5.92 Å². The van der Waals surface area contributed by atoms with E-state index >= 15 is 0 Å². The Hall–Kier alpha value is -0.380. The van der Waals surface area contributed by atoms with Gasteiger partial charge < -0.3 is 14.6 Å². The summed E-state index contributed by atoms with van der Waals surface area (Å²) < 4.78 is 10.2. The monoisotopic (exact) mass is 188 g/mol. The van der Waals surface area contributed by atoms with Gasteiger partial charge in [-0.3, -0.25) is 0 Å². The minimum Gasteiger partial charge on any atom is -0.396 e. The predicted molar refractivity (Wildman–Crippen MR) is 52.4 cm³/mol. The smallest absolute Gasteiger partial charge is 0.146 e. The standard InChI is InChI=1S/C10H20O3/c1-4-5-10(13-8-12-3)6-9(2)7-11/h4,9-11H,1,5-8H2,2-3H3/t9-,10-/m1/s1. The van der Waals surface area contributed by atoms with Crippen molar-refractivity contribution in [1.29, 1.82) is 0 Å². The first-order valence-electron chi connectivity index (χ1n) is 4.56. The van der Waals surface area contributed by atoms with Crippen LogP contribution < -0.4 is 0 Å². The third-order valence-corrected chi connectivity index (χ3v) is 1.83. The molecule has 1 N–H and O–H groups in total. The van der Waals surface area contributed by atoms with E-state index in [0.29, 0.717) is 6.79 Å². The Bertz CT molecular complexity index is 125. The molecule has 0 heterocycles. The quantitative estimate of drug-likeness (QED) is 0.464. The Morgan fingerprint density at radius 3 is 2.69 bits per heavy atom. The van der Waals surface area contributed by atoms with Crippen molar-refractivity contribution in [3.63, 3.8) is 0 Å². The van der Waals surface area contributed by atoms with E-state index in [2.05, 4.69) is 6.58 Å². The lowest BCUT2D eigenvalue weighted by Crippen LogP contribution is -2.18. The average Bonchev–Trinajstić information content (AvgIpc) is 2.14. The Morgan fingerprint density at radius 2 is 2.23 bits per heavy atom. The zero-order valence-corrected chi connectivity index (χ0v) is 8.53. The van der Waals surface area contributed by atoms with Crippen LogP contribution in [0.5, 0.6) is 0 Å². The van der Waals surface area contributed by atoms with Crippen molar-refractivity contribution < 1.29 is 14.6 Å². The zero-order valence-electron chi connectivity index (χ0n) is 8.53. The molecule has 3 nitrogen and oxygen atoms in total. The van der Waals surface area contributed by atoms with Crippen LogP contribution in [-0.4, -0.2) is 31.7 Å². The fourth-order valence-corrected chi connectivity index (χ4v) is 1.11. The summed E-state index contributed by atoms with van der Waals surface area (Å²) in [5, 5.41) is 8.86. The maximum Gasteiger partial charge on any atom is 0.146 e. The maximum atomic E-state index is 8.86. The molecular weight excluding hydrogens is 168 g/mol. The number of aliphatic hydroxyl groups is 1. The number of methoxy groups -OCH3 is 1. The molecule has 13 heavy (non-hydrogen) atoms. The number of aliphatic hydroxyl groups excluding tert-OH is 1. The lowest BCUT2D eigenvalue weighted by molar-refractivity contribution is -0.0781. The lowest BCUT2D eigenvalue weighted by atomic mass is 10.0. The van der Waals surface area contributed by atoms with Crippen LogP contribution in [0.3, 0.4) is 0 Å². The molecule has 0 saturated heterocycles. The van der Waals surface area contributed by atoms with Crippen LogP contribution in [0.2, 0.25) is 0 Å². The fourth-order valence-electron chi connectivity index (χ4n) is 1.11. The molecule has 0 rings (SSSR count). The summed E-state index contributed by atoms with van der Waals surface area (Å²) in [6, 6.07) is 0. The van der Waals surface area contributed by atoms with E-state index in [4.69, 9.17) is 14.6 Å². The first-order valence-corrected chi connectivity index (χ1v) is 4.56. The number of hydrogen-bond donors (Lipinski definition) is 1. The third-order valence-electron chi connectivity index (χ3n) is 1.83. The summed E-state index contributed by atoms with van der Waals surface area (Å²) in [5.41, 5.74) is 0. The highest BCUT2D eigenvalue weighted by Crippen LogP contribution is 2.12. The molecule has 0 unspecified atom stereocenters. The van der Waals surface area contributed by atoms with E-state index < -0.39 is 0 Å². The highest BCUT2D eigenvalue weighted by Gasteiger charge is 2.11. The number of ether oxygens (including phenoxy) is 2. The topological polar surface area (TPSA) is 38.7 Å². The van der Waals surface area contributed by atoms with Gasteiger partial charge in [-0.05, 0) is 18.8 Å². The molecule has 0 aliphatic carbocycles. The van der Waals surface area contributed by atoms with Crippen LogP contribution in [0.4, 0.5) is 0 Å². The molecule has 0 radical (unpaired) electrons. The molecule has 0 aromatic heterocycles.